The number of carbonyl (C=O) groups is 1. The fourth-order valence-corrected chi connectivity index (χ4v) is 4.48. The van der Waals surface area contributed by atoms with Crippen LogP contribution in [0, 0.1) is 0 Å². The Hall–Kier alpha value is -1.63. The summed E-state index contributed by atoms with van der Waals surface area (Å²) >= 11 is 0. The van der Waals surface area contributed by atoms with E-state index >= 15 is 0 Å². The van der Waals surface area contributed by atoms with Crippen molar-refractivity contribution in [2.75, 3.05) is 19.8 Å². The molecule has 2 N–H and O–H groups in total. The maximum absolute atomic E-state index is 12.6. The van der Waals surface area contributed by atoms with E-state index in [1.165, 1.54) is 0 Å². The molecule has 3 aliphatic heterocycles. The second-order valence-electron chi connectivity index (χ2n) is 7.90. The van der Waals surface area contributed by atoms with E-state index in [-0.39, 0.29) is 18.2 Å². The number of piperidine rings is 1. The molecule has 3 heterocycles. The molecule has 2 atom stereocenters. The summed E-state index contributed by atoms with van der Waals surface area (Å²) in [6.45, 7) is 2.63. The SMILES string of the molecule is O=C(OCc1ccccc1)N1C2CCC1CC(O)(CCNC1COC1)C2. The normalized spacial score (nSPS) is 30.9. The second-order valence-corrected chi connectivity index (χ2v) is 7.90. The summed E-state index contributed by atoms with van der Waals surface area (Å²) in [7, 11) is 0. The van der Waals surface area contributed by atoms with Gasteiger partial charge in [0.2, 0.25) is 0 Å². The van der Waals surface area contributed by atoms with Gasteiger partial charge in [0, 0.05) is 12.1 Å². The lowest BCUT2D eigenvalue weighted by Crippen LogP contribution is -2.54. The number of nitrogens with zero attached hydrogens (tertiary/aromatic N) is 1. The Balaban J connectivity index is 1.29. The van der Waals surface area contributed by atoms with Crippen molar-refractivity contribution >= 4 is 6.09 Å². The highest BCUT2D eigenvalue weighted by atomic mass is 16.6. The number of aliphatic hydroxyl groups is 1. The largest absolute Gasteiger partial charge is 0.445 e. The van der Waals surface area contributed by atoms with Crippen LogP contribution < -0.4 is 5.32 Å². The van der Waals surface area contributed by atoms with Crippen LogP contribution in [0.15, 0.2) is 30.3 Å². The lowest BCUT2D eigenvalue weighted by atomic mass is 9.83. The average Bonchev–Trinajstić information content (AvgIpc) is 2.89. The Labute approximate surface area is 154 Å². The molecule has 0 spiro atoms. The van der Waals surface area contributed by atoms with Crippen molar-refractivity contribution in [2.45, 2.75) is 62.4 Å². The molecule has 142 valence electrons. The van der Waals surface area contributed by atoms with Gasteiger partial charge in [-0.15, -0.1) is 0 Å². The van der Waals surface area contributed by atoms with Crippen molar-refractivity contribution in [3.05, 3.63) is 35.9 Å². The molecule has 1 aromatic rings. The fourth-order valence-electron chi connectivity index (χ4n) is 4.48. The topological polar surface area (TPSA) is 71.0 Å². The molecule has 0 saturated carbocycles. The number of carbonyl (C=O) groups excluding carboxylic acids is 1. The van der Waals surface area contributed by atoms with Gasteiger partial charge in [0.25, 0.3) is 0 Å². The standard InChI is InChI=1S/C20H28N2O4/c23-19(26-12-15-4-2-1-3-5-15)22-17-6-7-18(22)11-20(24,10-17)8-9-21-16-13-25-14-16/h1-5,16-18,21,24H,6-14H2. The minimum absolute atomic E-state index is 0.0917. The van der Waals surface area contributed by atoms with Gasteiger partial charge in [-0.3, -0.25) is 0 Å². The minimum atomic E-state index is -0.681. The first-order valence-electron chi connectivity index (χ1n) is 9.65. The number of rotatable bonds is 6. The summed E-state index contributed by atoms with van der Waals surface area (Å²) in [5.41, 5.74) is 0.312. The van der Waals surface area contributed by atoms with Crippen LogP contribution in [0.4, 0.5) is 4.79 Å². The van der Waals surface area contributed by atoms with Gasteiger partial charge in [0.05, 0.1) is 24.9 Å². The monoisotopic (exact) mass is 360 g/mol. The Morgan fingerprint density at radius 3 is 2.54 bits per heavy atom. The van der Waals surface area contributed by atoms with Crippen molar-refractivity contribution in [3.63, 3.8) is 0 Å². The summed E-state index contributed by atoms with van der Waals surface area (Å²) in [5.74, 6) is 0. The quantitative estimate of drug-likeness (QED) is 0.813. The van der Waals surface area contributed by atoms with Gasteiger partial charge in [0.1, 0.15) is 6.61 Å². The highest BCUT2D eigenvalue weighted by Crippen LogP contribution is 2.42. The lowest BCUT2D eigenvalue weighted by molar-refractivity contribution is -0.0574. The molecular formula is C20H28N2O4. The molecule has 1 aromatic carbocycles. The average molecular weight is 360 g/mol. The molecule has 3 aliphatic rings. The van der Waals surface area contributed by atoms with E-state index in [0.29, 0.717) is 25.5 Å². The van der Waals surface area contributed by atoms with Crippen LogP contribution in [-0.4, -0.2) is 59.6 Å². The van der Waals surface area contributed by atoms with Crippen molar-refractivity contribution < 1.29 is 19.4 Å². The van der Waals surface area contributed by atoms with E-state index in [4.69, 9.17) is 9.47 Å². The van der Waals surface area contributed by atoms with Crippen LogP contribution in [0.2, 0.25) is 0 Å². The zero-order valence-electron chi connectivity index (χ0n) is 15.1. The molecular weight excluding hydrogens is 332 g/mol. The van der Waals surface area contributed by atoms with Crippen LogP contribution in [0.5, 0.6) is 0 Å². The first-order valence-corrected chi connectivity index (χ1v) is 9.65. The van der Waals surface area contributed by atoms with E-state index < -0.39 is 5.60 Å². The third-order valence-corrected chi connectivity index (χ3v) is 5.93. The lowest BCUT2D eigenvalue weighted by Gasteiger charge is -2.43. The molecule has 6 heteroatoms. The van der Waals surface area contributed by atoms with Gasteiger partial charge in [-0.25, -0.2) is 4.79 Å². The summed E-state index contributed by atoms with van der Waals surface area (Å²) in [5, 5.41) is 14.4. The number of hydrogen-bond acceptors (Lipinski definition) is 5. The number of ether oxygens (including phenoxy) is 2. The molecule has 0 aliphatic carbocycles. The van der Waals surface area contributed by atoms with Crippen LogP contribution in [0.1, 0.15) is 37.7 Å². The Morgan fingerprint density at radius 1 is 1.23 bits per heavy atom. The highest BCUT2D eigenvalue weighted by Gasteiger charge is 2.49. The van der Waals surface area contributed by atoms with E-state index in [9.17, 15) is 9.90 Å². The van der Waals surface area contributed by atoms with Crippen molar-refractivity contribution in [3.8, 4) is 0 Å². The van der Waals surface area contributed by atoms with Gasteiger partial charge < -0.3 is 24.8 Å². The first-order chi connectivity index (χ1) is 12.6. The third-order valence-electron chi connectivity index (χ3n) is 5.93. The van der Waals surface area contributed by atoms with Crippen LogP contribution in [-0.2, 0) is 16.1 Å². The van der Waals surface area contributed by atoms with Crippen molar-refractivity contribution in [1.82, 2.24) is 10.2 Å². The second kappa shape index (κ2) is 7.55. The molecule has 1 amide bonds. The van der Waals surface area contributed by atoms with E-state index in [1.54, 1.807) is 0 Å². The predicted octanol–water partition coefficient (Wildman–Crippen LogP) is 2.06. The molecule has 3 saturated heterocycles. The zero-order chi connectivity index (χ0) is 18.0. The van der Waals surface area contributed by atoms with Crippen molar-refractivity contribution in [2.24, 2.45) is 0 Å². The molecule has 3 fully saturated rings. The Bertz CT molecular complexity index is 605. The smallest absolute Gasteiger partial charge is 0.410 e. The van der Waals surface area contributed by atoms with Crippen LogP contribution in [0.3, 0.4) is 0 Å². The summed E-state index contributed by atoms with van der Waals surface area (Å²) < 4.78 is 10.7. The fraction of sp³-hybridized carbons (Fsp3) is 0.650. The Kier molecular flexibility index (Phi) is 5.16. The van der Waals surface area contributed by atoms with Gasteiger partial charge in [0.15, 0.2) is 0 Å². The molecule has 4 rings (SSSR count). The van der Waals surface area contributed by atoms with Gasteiger partial charge >= 0.3 is 6.09 Å². The molecule has 0 aromatic heterocycles. The first kappa shape index (κ1) is 17.8. The van der Waals surface area contributed by atoms with Gasteiger partial charge in [-0.1, -0.05) is 30.3 Å². The number of amides is 1. The van der Waals surface area contributed by atoms with E-state index in [1.807, 2.05) is 35.2 Å². The molecule has 26 heavy (non-hydrogen) atoms. The number of nitrogens with one attached hydrogen (secondary N) is 1. The number of fused-ring (bicyclic) bond motifs is 2. The summed E-state index contributed by atoms with van der Waals surface area (Å²) in [4.78, 5) is 14.5. The van der Waals surface area contributed by atoms with E-state index in [0.717, 1.165) is 44.6 Å². The maximum atomic E-state index is 12.6. The van der Waals surface area contributed by atoms with Crippen LogP contribution in [0.25, 0.3) is 0 Å². The Morgan fingerprint density at radius 2 is 1.92 bits per heavy atom. The van der Waals surface area contributed by atoms with E-state index in [2.05, 4.69) is 5.32 Å². The van der Waals surface area contributed by atoms with Gasteiger partial charge in [-0.2, -0.15) is 0 Å². The molecule has 0 radical (unpaired) electrons. The summed E-state index contributed by atoms with van der Waals surface area (Å²) in [6, 6.07) is 10.4. The molecule has 6 nitrogen and oxygen atoms in total. The van der Waals surface area contributed by atoms with Crippen molar-refractivity contribution in [1.29, 1.82) is 0 Å². The van der Waals surface area contributed by atoms with Crippen LogP contribution >= 0.6 is 0 Å². The summed E-state index contributed by atoms with van der Waals surface area (Å²) in [6.07, 6.45) is 3.69. The predicted molar refractivity (Wildman–Crippen MR) is 96.7 cm³/mol. The van der Waals surface area contributed by atoms with Gasteiger partial charge in [-0.05, 0) is 44.2 Å². The third kappa shape index (κ3) is 3.87. The zero-order valence-corrected chi connectivity index (χ0v) is 15.1. The molecule has 2 bridgehead atoms. The number of hydrogen-bond donors (Lipinski definition) is 2. The highest BCUT2D eigenvalue weighted by molar-refractivity contribution is 5.69. The number of benzene rings is 1. The minimum Gasteiger partial charge on any atom is -0.445 e. The maximum Gasteiger partial charge on any atom is 0.410 e. The molecule has 2 unspecified atom stereocenters.